The summed E-state index contributed by atoms with van der Waals surface area (Å²) in [6.45, 7) is 4.44. The molecular formula is C13H24O. The maximum absolute atomic E-state index is 10.5. The Labute approximate surface area is 87.9 Å². The van der Waals surface area contributed by atoms with Gasteiger partial charge in [0.25, 0.3) is 0 Å². The van der Waals surface area contributed by atoms with Crippen molar-refractivity contribution >= 4 is 0 Å². The van der Waals surface area contributed by atoms with Gasteiger partial charge in [0, 0.05) is 0 Å². The van der Waals surface area contributed by atoms with Gasteiger partial charge in [-0.3, -0.25) is 0 Å². The number of hydrogen-bond donors (Lipinski definition) is 1. The van der Waals surface area contributed by atoms with Crippen LogP contribution in [0.25, 0.3) is 0 Å². The van der Waals surface area contributed by atoms with Crippen molar-refractivity contribution in [1.82, 2.24) is 0 Å². The highest BCUT2D eigenvalue weighted by atomic mass is 16.3. The Hall–Kier alpha value is -0.0400. The molecule has 0 aromatic carbocycles. The van der Waals surface area contributed by atoms with Crippen molar-refractivity contribution in [2.75, 3.05) is 0 Å². The van der Waals surface area contributed by atoms with Crippen LogP contribution < -0.4 is 0 Å². The van der Waals surface area contributed by atoms with Gasteiger partial charge in [0.05, 0.1) is 5.60 Å². The lowest BCUT2D eigenvalue weighted by atomic mass is 9.73. The summed E-state index contributed by atoms with van der Waals surface area (Å²) in [6, 6.07) is 0. The molecule has 0 bridgehead atoms. The largest absolute Gasteiger partial charge is 0.390 e. The molecule has 0 aromatic rings. The van der Waals surface area contributed by atoms with Gasteiger partial charge in [-0.25, -0.2) is 0 Å². The smallest absolute Gasteiger partial charge is 0.0653 e. The third kappa shape index (κ3) is 2.50. The van der Waals surface area contributed by atoms with Crippen LogP contribution in [0.1, 0.15) is 58.8 Å². The molecule has 2 aliphatic carbocycles. The van der Waals surface area contributed by atoms with Crippen molar-refractivity contribution in [2.24, 2.45) is 17.8 Å². The molecule has 0 aromatic heterocycles. The first-order valence-corrected chi connectivity index (χ1v) is 6.31. The minimum Gasteiger partial charge on any atom is -0.390 e. The topological polar surface area (TPSA) is 20.2 Å². The fourth-order valence-corrected chi connectivity index (χ4v) is 3.30. The Bertz CT molecular complexity index is 195. The van der Waals surface area contributed by atoms with Gasteiger partial charge in [-0.1, -0.05) is 20.3 Å². The Kier molecular flexibility index (Phi) is 2.88. The Morgan fingerprint density at radius 3 is 2.50 bits per heavy atom. The van der Waals surface area contributed by atoms with E-state index in [0.717, 1.165) is 31.1 Å². The van der Waals surface area contributed by atoms with Crippen molar-refractivity contribution in [1.29, 1.82) is 0 Å². The first kappa shape index (κ1) is 10.5. The molecule has 2 fully saturated rings. The molecule has 0 aliphatic heterocycles. The van der Waals surface area contributed by atoms with Gasteiger partial charge < -0.3 is 5.11 Å². The summed E-state index contributed by atoms with van der Waals surface area (Å²) in [5.74, 6) is 2.47. The molecule has 0 amide bonds. The monoisotopic (exact) mass is 196 g/mol. The van der Waals surface area contributed by atoms with E-state index in [1.807, 2.05) is 0 Å². The van der Waals surface area contributed by atoms with Gasteiger partial charge in [0.1, 0.15) is 0 Å². The van der Waals surface area contributed by atoms with Gasteiger partial charge in [-0.15, -0.1) is 0 Å². The van der Waals surface area contributed by atoms with Crippen LogP contribution >= 0.6 is 0 Å². The van der Waals surface area contributed by atoms with E-state index < -0.39 is 0 Å². The first-order valence-electron chi connectivity index (χ1n) is 6.31. The minimum absolute atomic E-state index is 0.306. The normalized spacial score (nSPS) is 39.0. The van der Waals surface area contributed by atoms with Gasteiger partial charge in [-0.2, -0.15) is 0 Å². The summed E-state index contributed by atoms with van der Waals surface area (Å²) in [5.41, 5.74) is -0.306. The Morgan fingerprint density at radius 2 is 1.93 bits per heavy atom. The lowest BCUT2D eigenvalue weighted by Crippen LogP contribution is -2.37. The molecule has 1 N–H and O–H groups in total. The standard InChI is InChI=1S/C13H24O/c1-10(2)8-13(14)7-3-4-12(9-13)11-5-6-11/h10-12,14H,3-9H2,1-2H3. The van der Waals surface area contributed by atoms with E-state index in [1.165, 1.54) is 25.7 Å². The minimum atomic E-state index is -0.306. The summed E-state index contributed by atoms with van der Waals surface area (Å²) < 4.78 is 0. The molecule has 2 rings (SSSR count). The van der Waals surface area contributed by atoms with Crippen molar-refractivity contribution in [3.63, 3.8) is 0 Å². The predicted octanol–water partition coefficient (Wildman–Crippen LogP) is 3.36. The lowest BCUT2D eigenvalue weighted by molar-refractivity contribution is -0.0358. The summed E-state index contributed by atoms with van der Waals surface area (Å²) in [7, 11) is 0. The van der Waals surface area contributed by atoms with Crippen LogP contribution in [0.15, 0.2) is 0 Å². The molecule has 2 unspecified atom stereocenters. The van der Waals surface area contributed by atoms with E-state index >= 15 is 0 Å². The summed E-state index contributed by atoms with van der Waals surface area (Å²) in [6.07, 6.45) is 8.65. The average Bonchev–Trinajstić information content (AvgIpc) is 2.83. The molecule has 2 atom stereocenters. The molecule has 0 heterocycles. The highest BCUT2D eigenvalue weighted by Gasteiger charge is 2.40. The maximum atomic E-state index is 10.5. The first-order chi connectivity index (χ1) is 6.59. The van der Waals surface area contributed by atoms with Crippen LogP contribution in [0.2, 0.25) is 0 Å². The van der Waals surface area contributed by atoms with Crippen molar-refractivity contribution in [2.45, 2.75) is 64.4 Å². The van der Waals surface area contributed by atoms with Crippen LogP contribution in [0.4, 0.5) is 0 Å². The molecule has 0 spiro atoms. The van der Waals surface area contributed by atoms with Gasteiger partial charge in [0.15, 0.2) is 0 Å². The third-order valence-electron chi connectivity index (χ3n) is 3.94. The Morgan fingerprint density at radius 1 is 1.21 bits per heavy atom. The Balaban J connectivity index is 1.90. The fraction of sp³-hybridized carbons (Fsp3) is 1.00. The quantitative estimate of drug-likeness (QED) is 0.734. The van der Waals surface area contributed by atoms with Crippen LogP contribution in [0.5, 0.6) is 0 Å². The SMILES string of the molecule is CC(C)CC1(O)CCCC(C2CC2)C1. The van der Waals surface area contributed by atoms with Crippen LogP contribution in [-0.2, 0) is 0 Å². The van der Waals surface area contributed by atoms with Crippen LogP contribution in [0, 0.1) is 17.8 Å². The molecule has 0 radical (unpaired) electrons. The van der Waals surface area contributed by atoms with E-state index in [2.05, 4.69) is 13.8 Å². The number of aliphatic hydroxyl groups is 1. The number of rotatable bonds is 3. The molecule has 1 nitrogen and oxygen atoms in total. The molecule has 1 heteroatoms. The molecule has 82 valence electrons. The lowest BCUT2D eigenvalue weighted by Gasteiger charge is -2.38. The summed E-state index contributed by atoms with van der Waals surface area (Å²) in [5, 5.41) is 10.5. The predicted molar refractivity (Wildman–Crippen MR) is 59.1 cm³/mol. The molecule has 0 saturated heterocycles. The van der Waals surface area contributed by atoms with Crippen molar-refractivity contribution in [3.05, 3.63) is 0 Å². The number of hydrogen-bond acceptors (Lipinski definition) is 1. The molecule has 14 heavy (non-hydrogen) atoms. The van der Waals surface area contributed by atoms with Crippen molar-refractivity contribution in [3.8, 4) is 0 Å². The van der Waals surface area contributed by atoms with Gasteiger partial charge >= 0.3 is 0 Å². The average molecular weight is 196 g/mol. The van der Waals surface area contributed by atoms with E-state index in [0.29, 0.717) is 5.92 Å². The molecule has 2 saturated carbocycles. The van der Waals surface area contributed by atoms with E-state index in [9.17, 15) is 5.11 Å². The van der Waals surface area contributed by atoms with E-state index in [-0.39, 0.29) is 5.60 Å². The maximum Gasteiger partial charge on any atom is 0.0653 e. The fourth-order valence-electron chi connectivity index (χ4n) is 3.30. The second-order valence-corrected chi connectivity index (χ2v) is 6.02. The van der Waals surface area contributed by atoms with Gasteiger partial charge in [0.2, 0.25) is 0 Å². The zero-order valence-corrected chi connectivity index (χ0v) is 9.63. The van der Waals surface area contributed by atoms with Gasteiger partial charge in [-0.05, 0) is 56.3 Å². The zero-order chi connectivity index (χ0) is 10.2. The second-order valence-electron chi connectivity index (χ2n) is 6.02. The summed E-state index contributed by atoms with van der Waals surface area (Å²) in [4.78, 5) is 0. The van der Waals surface area contributed by atoms with Crippen LogP contribution in [-0.4, -0.2) is 10.7 Å². The zero-order valence-electron chi connectivity index (χ0n) is 9.63. The third-order valence-corrected chi connectivity index (χ3v) is 3.94. The highest BCUT2D eigenvalue weighted by Crippen LogP contribution is 2.47. The van der Waals surface area contributed by atoms with Crippen molar-refractivity contribution < 1.29 is 5.11 Å². The molecular weight excluding hydrogens is 172 g/mol. The molecule has 2 aliphatic rings. The van der Waals surface area contributed by atoms with Crippen LogP contribution in [0.3, 0.4) is 0 Å². The van der Waals surface area contributed by atoms with E-state index in [4.69, 9.17) is 0 Å². The summed E-state index contributed by atoms with van der Waals surface area (Å²) >= 11 is 0. The van der Waals surface area contributed by atoms with E-state index in [1.54, 1.807) is 0 Å². The highest BCUT2D eigenvalue weighted by molar-refractivity contribution is 4.92. The second kappa shape index (κ2) is 3.84.